The van der Waals surface area contributed by atoms with Crippen molar-refractivity contribution in [2.45, 2.75) is 25.7 Å². The molecular formula is C13H16BrFN2O. The average Bonchev–Trinajstić information content (AvgIpc) is 2.84. The summed E-state index contributed by atoms with van der Waals surface area (Å²) in [5, 5.41) is 2.83. The first-order chi connectivity index (χ1) is 8.57. The van der Waals surface area contributed by atoms with Crippen molar-refractivity contribution in [3.05, 3.63) is 28.5 Å². The van der Waals surface area contributed by atoms with Gasteiger partial charge in [-0.15, -0.1) is 0 Å². The Balaban J connectivity index is 2.13. The second kappa shape index (κ2) is 5.36. The summed E-state index contributed by atoms with van der Waals surface area (Å²) in [5.41, 5.74) is 5.89. The van der Waals surface area contributed by atoms with Crippen LogP contribution in [0, 0.1) is 11.2 Å². The number of carbonyl (C=O) groups is 1. The van der Waals surface area contributed by atoms with E-state index in [9.17, 15) is 9.18 Å². The molecule has 0 unspecified atom stereocenters. The summed E-state index contributed by atoms with van der Waals surface area (Å²) in [5.74, 6) is -0.400. The largest absolute Gasteiger partial charge is 0.329 e. The molecular weight excluding hydrogens is 299 g/mol. The number of nitrogens with two attached hydrogens (primary N) is 1. The van der Waals surface area contributed by atoms with E-state index < -0.39 is 5.41 Å². The van der Waals surface area contributed by atoms with Crippen LogP contribution in [0.3, 0.4) is 0 Å². The fourth-order valence-electron chi connectivity index (χ4n) is 2.41. The highest BCUT2D eigenvalue weighted by Gasteiger charge is 2.39. The SMILES string of the molecule is NCC1(C(=O)Nc2ccc(F)c(Br)c2)CCCC1. The topological polar surface area (TPSA) is 55.1 Å². The third kappa shape index (κ3) is 2.57. The Hall–Kier alpha value is -0.940. The number of anilines is 1. The van der Waals surface area contributed by atoms with Crippen LogP contribution in [0.25, 0.3) is 0 Å². The maximum atomic E-state index is 13.1. The number of rotatable bonds is 3. The van der Waals surface area contributed by atoms with Crippen molar-refractivity contribution in [1.29, 1.82) is 0 Å². The molecule has 3 nitrogen and oxygen atoms in total. The molecule has 0 aliphatic heterocycles. The van der Waals surface area contributed by atoms with Gasteiger partial charge >= 0.3 is 0 Å². The first-order valence-electron chi connectivity index (χ1n) is 6.04. The molecule has 1 aliphatic carbocycles. The summed E-state index contributed by atoms with van der Waals surface area (Å²) in [6.45, 7) is 0.362. The van der Waals surface area contributed by atoms with Crippen molar-refractivity contribution in [1.82, 2.24) is 0 Å². The van der Waals surface area contributed by atoms with Crippen molar-refractivity contribution in [2.24, 2.45) is 11.1 Å². The van der Waals surface area contributed by atoms with Crippen LogP contribution in [0.2, 0.25) is 0 Å². The van der Waals surface area contributed by atoms with Crippen LogP contribution in [-0.4, -0.2) is 12.5 Å². The van der Waals surface area contributed by atoms with Gasteiger partial charge in [0.05, 0.1) is 9.89 Å². The van der Waals surface area contributed by atoms with E-state index in [-0.39, 0.29) is 11.7 Å². The molecule has 1 aromatic rings. The summed E-state index contributed by atoms with van der Waals surface area (Å²) in [6.07, 6.45) is 3.74. The predicted octanol–water partition coefficient (Wildman–Crippen LogP) is 3.05. The molecule has 1 fully saturated rings. The molecule has 1 saturated carbocycles. The lowest BCUT2D eigenvalue weighted by Gasteiger charge is -2.25. The zero-order chi connectivity index (χ0) is 13.2. The smallest absolute Gasteiger partial charge is 0.231 e. The molecule has 0 atom stereocenters. The van der Waals surface area contributed by atoms with Crippen LogP contribution >= 0.6 is 15.9 Å². The minimum Gasteiger partial charge on any atom is -0.329 e. The van der Waals surface area contributed by atoms with Gasteiger partial charge in [0.1, 0.15) is 5.82 Å². The molecule has 1 amide bonds. The second-order valence-electron chi connectivity index (χ2n) is 4.77. The van der Waals surface area contributed by atoms with Gasteiger partial charge in [0.2, 0.25) is 5.91 Å². The van der Waals surface area contributed by atoms with Crippen molar-refractivity contribution in [3.8, 4) is 0 Å². The maximum absolute atomic E-state index is 13.1. The van der Waals surface area contributed by atoms with Gasteiger partial charge in [0.15, 0.2) is 0 Å². The number of hydrogen-bond donors (Lipinski definition) is 2. The van der Waals surface area contributed by atoms with Crippen LogP contribution in [-0.2, 0) is 4.79 Å². The maximum Gasteiger partial charge on any atom is 0.231 e. The standard InChI is InChI=1S/C13H16BrFN2O/c14-10-7-9(3-4-11(10)15)17-12(18)13(8-16)5-1-2-6-13/h3-4,7H,1-2,5-6,8,16H2,(H,17,18). The number of benzene rings is 1. The number of amides is 1. The lowest BCUT2D eigenvalue weighted by atomic mass is 9.85. The van der Waals surface area contributed by atoms with Gasteiger partial charge in [-0.3, -0.25) is 4.79 Å². The normalized spacial score (nSPS) is 17.7. The summed E-state index contributed by atoms with van der Waals surface area (Å²) in [7, 11) is 0. The van der Waals surface area contributed by atoms with Gasteiger partial charge in [0, 0.05) is 12.2 Å². The van der Waals surface area contributed by atoms with Gasteiger partial charge in [-0.1, -0.05) is 12.8 Å². The highest BCUT2D eigenvalue weighted by Crippen LogP contribution is 2.38. The van der Waals surface area contributed by atoms with Gasteiger partial charge in [0.25, 0.3) is 0 Å². The third-order valence-corrected chi connectivity index (χ3v) is 4.22. The van der Waals surface area contributed by atoms with Crippen LogP contribution in [0.5, 0.6) is 0 Å². The minimum atomic E-state index is -0.444. The molecule has 0 heterocycles. The molecule has 1 aromatic carbocycles. The molecule has 0 radical (unpaired) electrons. The fourth-order valence-corrected chi connectivity index (χ4v) is 2.79. The van der Waals surface area contributed by atoms with Gasteiger partial charge in [-0.05, 0) is 47.0 Å². The predicted molar refractivity (Wildman–Crippen MR) is 72.7 cm³/mol. The summed E-state index contributed by atoms with van der Waals surface area (Å²) >= 11 is 3.10. The van der Waals surface area contributed by atoms with Crippen LogP contribution in [0.15, 0.2) is 22.7 Å². The van der Waals surface area contributed by atoms with E-state index in [0.29, 0.717) is 16.7 Å². The first kappa shape index (κ1) is 13.5. The van der Waals surface area contributed by atoms with Crippen LogP contribution < -0.4 is 11.1 Å². The third-order valence-electron chi connectivity index (χ3n) is 3.61. The quantitative estimate of drug-likeness (QED) is 0.901. The van der Waals surface area contributed by atoms with E-state index >= 15 is 0 Å². The molecule has 0 spiro atoms. The van der Waals surface area contributed by atoms with Crippen molar-refractivity contribution >= 4 is 27.5 Å². The fraction of sp³-hybridized carbons (Fsp3) is 0.462. The van der Waals surface area contributed by atoms with Gasteiger partial charge in [-0.2, -0.15) is 0 Å². The van der Waals surface area contributed by atoms with Crippen LogP contribution in [0.1, 0.15) is 25.7 Å². The van der Waals surface area contributed by atoms with Crippen molar-refractivity contribution in [3.63, 3.8) is 0 Å². The van der Waals surface area contributed by atoms with Crippen molar-refractivity contribution < 1.29 is 9.18 Å². The molecule has 0 saturated heterocycles. The summed E-state index contributed by atoms with van der Waals surface area (Å²) in [6, 6.07) is 4.44. The lowest BCUT2D eigenvalue weighted by molar-refractivity contribution is -0.124. The Morgan fingerprint density at radius 1 is 1.44 bits per heavy atom. The Morgan fingerprint density at radius 2 is 2.11 bits per heavy atom. The summed E-state index contributed by atoms with van der Waals surface area (Å²) < 4.78 is 13.4. The highest BCUT2D eigenvalue weighted by molar-refractivity contribution is 9.10. The number of carbonyl (C=O) groups excluding carboxylic acids is 1. The van der Waals surface area contributed by atoms with Crippen LogP contribution in [0.4, 0.5) is 10.1 Å². The van der Waals surface area contributed by atoms with Gasteiger partial charge < -0.3 is 11.1 Å². The van der Waals surface area contributed by atoms with E-state index in [1.807, 2.05) is 0 Å². The van der Waals surface area contributed by atoms with Crippen molar-refractivity contribution in [2.75, 3.05) is 11.9 Å². The van der Waals surface area contributed by atoms with E-state index in [1.165, 1.54) is 6.07 Å². The average molecular weight is 315 g/mol. The van der Waals surface area contributed by atoms with E-state index in [1.54, 1.807) is 12.1 Å². The van der Waals surface area contributed by atoms with Gasteiger partial charge in [-0.25, -0.2) is 4.39 Å². The zero-order valence-corrected chi connectivity index (χ0v) is 11.6. The Bertz CT molecular complexity index is 458. The van der Waals surface area contributed by atoms with E-state index in [2.05, 4.69) is 21.2 Å². The summed E-state index contributed by atoms with van der Waals surface area (Å²) in [4.78, 5) is 12.3. The Labute approximate surface area is 114 Å². The zero-order valence-electron chi connectivity index (χ0n) is 10.0. The second-order valence-corrected chi connectivity index (χ2v) is 5.63. The number of halogens is 2. The Kier molecular flexibility index (Phi) is 4.02. The molecule has 0 aromatic heterocycles. The number of hydrogen-bond acceptors (Lipinski definition) is 2. The molecule has 98 valence electrons. The van der Waals surface area contributed by atoms with E-state index in [4.69, 9.17) is 5.73 Å². The highest BCUT2D eigenvalue weighted by atomic mass is 79.9. The van der Waals surface area contributed by atoms with E-state index in [0.717, 1.165) is 25.7 Å². The molecule has 0 bridgehead atoms. The monoisotopic (exact) mass is 314 g/mol. The molecule has 18 heavy (non-hydrogen) atoms. The number of nitrogens with one attached hydrogen (secondary N) is 1. The molecule has 3 N–H and O–H groups in total. The molecule has 2 rings (SSSR count). The molecule has 5 heteroatoms. The minimum absolute atomic E-state index is 0.0546. The first-order valence-corrected chi connectivity index (χ1v) is 6.83. The molecule has 1 aliphatic rings. The lowest BCUT2D eigenvalue weighted by Crippen LogP contribution is -2.40. The Morgan fingerprint density at radius 3 is 2.67 bits per heavy atom.